The molecule has 0 saturated carbocycles. The van der Waals surface area contributed by atoms with Crippen LogP contribution >= 0.6 is 0 Å². The Balaban J connectivity index is 1.56. The molecule has 0 aliphatic carbocycles. The molecule has 0 bridgehead atoms. The molecule has 1 aliphatic heterocycles. The van der Waals surface area contributed by atoms with Crippen LogP contribution in [0.15, 0.2) is 60.7 Å². The van der Waals surface area contributed by atoms with E-state index in [9.17, 15) is 9.90 Å². The van der Waals surface area contributed by atoms with Gasteiger partial charge in [0.15, 0.2) is 5.82 Å². The molecule has 1 atom stereocenters. The Bertz CT molecular complexity index is 1330. The first-order valence-corrected chi connectivity index (χ1v) is 10.2. The van der Waals surface area contributed by atoms with Crippen LogP contribution in [0.3, 0.4) is 0 Å². The van der Waals surface area contributed by atoms with Crippen LogP contribution in [0.25, 0.3) is 16.9 Å². The Morgan fingerprint density at radius 2 is 1.78 bits per heavy atom. The topological polar surface area (TPSA) is 103 Å². The largest absolute Gasteiger partial charge is 0.481 e. The average molecular weight is 427 g/mol. The van der Waals surface area contributed by atoms with Crippen LogP contribution in [-0.2, 0) is 4.79 Å². The molecule has 0 radical (unpaired) electrons. The summed E-state index contributed by atoms with van der Waals surface area (Å²) in [6, 6.07) is 19.1. The zero-order chi connectivity index (χ0) is 22.5. The molecule has 32 heavy (non-hydrogen) atoms. The zero-order valence-electron chi connectivity index (χ0n) is 17.9. The van der Waals surface area contributed by atoms with Crippen molar-refractivity contribution in [3.05, 3.63) is 77.6 Å². The van der Waals surface area contributed by atoms with Crippen molar-refractivity contribution in [2.45, 2.75) is 26.7 Å². The van der Waals surface area contributed by atoms with E-state index in [1.165, 1.54) is 0 Å². The second kappa shape index (κ2) is 7.26. The van der Waals surface area contributed by atoms with Crippen molar-refractivity contribution < 1.29 is 14.6 Å². The number of fused-ring (bicyclic) bond motifs is 2. The molecule has 160 valence electrons. The van der Waals surface area contributed by atoms with Crippen LogP contribution in [0.1, 0.15) is 36.7 Å². The molecule has 3 heterocycles. The van der Waals surface area contributed by atoms with Crippen molar-refractivity contribution in [2.24, 2.45) is 5.41 Å². The first-order valence-electron chi connectivity index (χ1n) is 10.2. The summed E-state index contributed by atoms with van der Waals surface area (Å²) in [6.45, 7) is 5.31. The van der Waals surface area contributed by atoms with Gasteiger partial charge in [-0.15, -0.1) is 5.10 Å². The molecule has 0 amide bonds. The zero-order valence-corrected chi connectivity index (χ0v) is 17.9. The summed E-state index contributed by atoms with van der Waals surface area (Å²) in [5.74, 6) is 0.507. The molecule has 8 heteroatoms. The number of rotatable bonds is 4. The lowest BCUT2D eigenvalue weighted by Gasteiger charge is -2.36. The SMILES string of the molecule is Cc1nnnn1-c1ccc(-c2ccc3c(n2)Oc2ccccc2[C@@H]3C(C)(C)C(=O)O)cc1. The average Bonchev–Trinajstić information content (AvgIpc) is 3.22. The first kappa shape index (κ1) is 19.9. The molecular weight excluding hydrogens is 406 g/mol. The highest BCUT2D eigenvalue weighted by atomic mass is 16.5. The fourth-order valence-corrected chi connectivity index (χ4v) is 4.14. The molecule has 4 aromatic rings. The summed E-state index contributed by atoms with van der Waals surface area (Å²) in [6.07, 6.45) is 0. The number of tetrazole rings is 1. The first-order chi connectivity index (χ1) is 15.4. The summed E-state index contributed by atoms with van der Waals surface area (Å²) in [4.78, 5) is 16.9. The standard InChI is InChI=1S/C24H21N5O3/c1-14-26-27-28-29(14)16-10-8-15(9-11-16)19-13-12-18-21(24(2,3)23(30)31)17-6-4-5-7-20(17)32-22(18)25-19/h4-13,21H,1-3H3,(H,30,31)/t21-/m0/s1. The molecular formula is C24H21N5O3. The van der Waals surface area contributed by atoms with Crippen molar-refractivity contribution in [2.75, 3.05) is 0 Å². The van der Waals surface area contributed by atoms with Crippen molar-refractivity contribution in [1.29, 1.82) is 0 Å². The molecule has 8 nitrogen and oxygen atoms in total. The smallest absolute Gasteiger partial charge is 0.310 e. The lowest BCUT2D eigenvalue weighted by Crippen LogP contribution is -2.33. The number of ether oxygens (including phenoxy) is 1. The van der Waals surface area contributed by atoms with Gasteiger partial charge < -0.3 is 9.84 Å². The quantitative estimate of drug-likeness (QED) is 0.515. The summed E-state index contributed by atoms with van der Waals surface area (Å²) < 4.78 is 7.76. The van der Waals surface area contributed by atoms with E-state index in [1.807, 2.05) is 67.6 Å². The van der Waals surface area contributed by atoms with Crippen LogP contribution in [0.4, 0.5) is 0 Å². The molecule has 0 unspecified atom stereocenters. The van der Waals surface area contributed by atoms with Gasteiger partial charge in [-0.05, 0) is 55.5 Å². The van der Waals surface area contributed by atoms with Gasteiger partial charge in [0, 0.05) is 22.6 Å². The van der Waals surface area contributed by atoms with Gasteiger partial charge in [-0.2, -0.15) is 4.68 Å². The van der Waals surface area contributed by atoms with E-state index in [4.69, 9.17) is 9.72 Å². The predicted octanol–water partition coefficient (Wildman–Crippen LogP) is 4.38. The maximum absolute atomic E-state index is 12.1. The minimum atomic E-state index is -1.04. The fourth-order valence-electron chi connectivity index (χ4n) is 4.14. The maximum atomic E-state index is 12.1. The number of benzene rings is 2. The fraction of sp³-hybridized carbons (Fsp3) is 0.208. The third-order valence-corrected chi connectivity index (χ3v) is 5.94. The monoisotopic (exact) mass is 427 g/mol. The van der Waals surface area contributed by atoms with Gasteiger partial charge in [-0.3, -0.25) is 4.79 Å². The number of carboxylic acids is 1. The highest BCUT2D eigenvalue weighted by Crippen LogP contribution is 2.51. The molecule has 0 spiro atoms. The van der Waals surface area contributed by atoms with Gasteiger partial charge in [-0.25, -0.2) is 4.98 Å². The highest BCUT2D eigenvalue weighted by molar-refractivity contribution is 5.77. The van der Waals surface area contributed by atoms with E-state index >= 15 is 0 Å². The lowest BCUT2D eigenvalue weighted by molar-refractivity contribution is -0.147. The second-order valence-electron chi connectivity index (χ2n) is 8.38. The Labute approximate surface area is 184 Å². The van der Waals surface area contributed by atoms with Crippen LogP contribution in [-0.4, -0.2) is 36.3 Å². The van der Waals surface area contributed by atoms with E-state index in [0.29, 0.717) is 17.5 Å². The number of hydrogen-bond donors (Lipinski definition) is 1. The summed E-state index contributed by atoms with van der Waals surface area (Å²) >= 11 is 0. The van der Waals surface area contributed by atoms with Gasteiger partial charge in [0.25, 0.3) is 0 Å². The Hall–Kier alpha value is -4.07. The van der Waals surface area contributed by atoms with Crippen LogP contribution in [0, 0.1) is 12.3 Å². The lowest BCUT2D eigenvalue weighted by atomic mass is 9.70. The van der Waals surface area contributed by atoms with Crippen molar-refractivity contribution in [3.8, 4) is 28.6 Å². The molecule has 2 aromatic heterocycles. The maximum Gasteiger partial charge on any atom is 0.310 e. The van der Waals surface area contributed by atoms with E-state index in [2.05, 4.69) is 15.5 Å². The van der Waals surface area contributed by atoms with Gasteiger partial charge in [-0.1, -0.05) is 36.4 Å². The highest BCUT2D eigenvalue weighted by Gasteiger charge is 2.44. The number of aromatic nitrogens is 5. The number of carboxylic acid groups (broad SMARTS) is 1. The Morgan fingerprint density at radius 3 is 2.47 bits per heavy atom. The third-order valence-electron chi connectivity index (χ3n) is 5.94. The van der Waals surface area contributed by atoms with E-state index in [0.717, 1.165) is 28.1 Å². The van der Waals surface area contributed by atoms with Gasteiger partial charge in [0.05, 0.1) is 16.8 Å². The van der Waals surface area contributed by atoms with E-state index in [1.54, 1.807) is 18.5 Å². The second-order valence-corrected chi connectivity index (χ2v) is 8.38. The molecule has 1 aliphatic rings. The van der Waals surface area contributed by atoms with E-state index in [-0.39, 0.29) is 5.92 Å². The number of pyridine rings is 1. The van der Waals surface area contributed by atoms with Crippen LogP contribution in [0.2, 0.25) is 0 Å². The summed E-state index contributed by atoms with van der Waals surface area (Å²) in [5, 5.41) is 21.5. The Kier molecular flexibility index (Phi) is 4.51. The minimum Gasteiger partial charge on any atom is -0.481 e. The third kappa shape index (κ3) is 3.11. The summed E-state index contributed by atoms with van der Waals surface area (Å²) in [7, 11) is 0. The molecule has 2 aromatic carbocycles. The number of para-hydroxylation sites is 1. The molecule has 0 saturated heterocycles. The summed E-state index contributed by atoms with van der Waals surface area (Å²) in [5.41, 5.74) is 3.06. The van der Waals surface area contributed by atoms with Gasteiger partial charge in [0.1, 0.15) is 5.75 Å². The predicted molar refractivity (Wildman–Crippen MR) is 117 cm³/mol. The number of aliphatic carboxylic acids is 1. The normalized spacial score (nSPS) is 14.9. The van der Waals surface area contributed by atoms with Crippen molar-refractivity contribution in [1.82, 2.24) is 25.2 Å². The van der Waals surface area contributed by atoms with Gasteiger partial charge >= 0.3 is 5.97 Å². The molecule has 5 rings (SSSR count). The molecule has 1 N–H and O–H groups in total. The Morgan fingerprint density at radius 1 is 1.03 bits per heavy atom. The number of nitrogens with zero attached hydrogens (tertiary/aromatic N) is 5. The number of aryl methyl sites for hydroxylation is 1. The minimum absolute atomic E-state index is 0.383. The number of hydrogen-bond acceptors (Lipinski definition) is 6. The van der Waals surface area contributed by atoms with E-state index < -0.39 is 11.4 Å². The molecule has 0 fully saturated rings. The van der Waals surface area contributed by atoms with Gasteiger partial charge in [0.2, 0.25) is 5.88 Å². The van der Waals surface area contributed by atoms with Crippen molar-refractivity contribution in [3.63, 3.8) is 0 Å². The number of carbonyl (C=O) groups is 1. The van der Waals surface area contributed by atoms with Crippen LogP contribution < -0.4 is 4.74 Å². The van der Waals surface area contributed by atoms with Crippen LogP contribution in [0.5, 0.6) is 11.6 Å². The van der Waals surface area contributed by atoms with Crippen molar-refractivity contribution >= 4 is 5.97 Å².